The SMILES string of the molecule is Cc1cc(F)c(=O)n(CC#N)c1. The highest BCUT2D eigenvalue weighted by Crippen LogP contribution is 1.96. The minimum atomic E-state index is -0.815. The lowest BCUT2D eigenvalue weighted by Gasteiger charge is -2.00. The average Bonchev–Trinajstić information content (AvgIpc) is 2.00. The van der Waals surface area contributed by atoms with Gasteiger partial charge in [-0.25, -0.2) is 4.39 Å². The second kappa shape index (κ2) is 3.18. The monoisotopic (exact) mass is 166 g/mol. The molecule has 0 N–H and O–H groups in total. The summed E-state index contributed by atoms with van der Waals surface area (Å²) in [7, 11) is 0. The van der Waals surface area contributed by atoms with E-state index in [1.807, 2.05) is 0 Å². The molecule has 1 aromatic rings. The van der Waals surface area contributed by atoms with E-state index in [0.29, 0.717) is 5.56 Å². The number of nitrogens with zero attached hydrogens (tertiary/aromatic N) is 2. The van der Waals surface area contributed by atoms with Gasteiger partial charge in [-0.05, 0) is 18.6 Å². The number of nitriles is 1. The van der Waals surface area contributed by atoms with Crippen molar-refractivity contribution in [2.75, 3.05) is 0 Å². The Balaban J connectivity index is 3.30. The largest absolute Gasteiger partial charge is 0.299 e. The predicted molar refractivity (Wildman–Crippen MR) is 41.0 cm³/mol. The van der Waals surface area contributed by atoms with E-state index < -0.39 is 11.4 Å². The van der Waals surface area contributed by atoms with Gasteiger partial charge in [0.1, 0.15) is 6.54 Å². The number of hydrogen-bond donors (Lipinski definition) is 0. The van der Waals surface area contributed by atoms with Crippen LogP contribution in [0.2, 0.25) is 0 Å². The molecule has 0 spiro atoms. The molecule has 0 aliphatic carbocycles. The first-order chi connectivity index (χ1) is 5.65. The van der Waals surface area contributed by atoms with Gasteiger partial charge in [0, 0.05) is 6.20 Å². The number of rotatable bonds is 1. The predicted octanol–water partition coefficient (Wildman–Crippen LogP) is 0.819. The van der Waals surface area contributed by atoms with Gasteiger partial charge in [-0.1, -0.05) is 0 Å². The third kappa shape index (κ3) is 1.51. The maximum absolute atomic E-state index is 12.7. The standard InChI is InChI=1S/C8H7FN2O/c1-6-4-7(9)8(12)11(5-6)3-2-10/h4-5H,3H2,1H3. The molecule has 0 aromatic carbocycles. The molecule has 0 unspecified atom stereocenters. The summed E-state index contributed by atoms with van der Waals surface area (Å²) < 4.78 is 13.8. The Labute approximate surface area is 68.7 Å². The summed E-state index contributed by atoms with van der Waals surface area (Å²) in [5.74, 6) is -0.815. The molecule has 0 saturated carbocycles. The highest BCUT2D eigenvalue weighted by molar-refractivity contribution is 5.09. The van der Waals surface area contributed by atoms with Gasteiger partial charge in [0.2, 0.25) is 0 Å². The quantitative estimate of drug-likeness (QED) is 0.620. The van der Waals surface area contributed by atoms with Crippen molar-refractivity contribution in [1.82, 2.24) is 4.57 Å². The molecule has 4 heteroatoms. The second-order valence-corrected chi connectivity index (χ2v) is 2.46. The number of aryl methyl sites for hydroxylation is 1. The molecule has 3 nitrogen and oxygen atoms in total. The van der Waals surface area contributed by atoms with E-state index in [-0.39, 0.29) is 6.54 Å². The van der Waals surface area contributed by atoms with Crippen molar-refractivity contribution in [2.45, 2.75) is 13.5 Å². The molecule has 1 heterocycles. The number of pyridine rings is 1. The van der Waals surface area contributed by atoms with Crippen molar-refractivity contribution in [3.05, 3.63) is 34.0 Å². The summed E-state index contributed by atoms with van der Waals surface area (Å²) >= 11 is 0. The summed E-state index contributed by atoms with van der Waals surface area (Å²) in [4.78, 5) is 10.9. The van der Waals surface area contributed by atoms with Gasteiger partial charge in [-0.3, -0.25) is 9.36 Å². The summed E-state index contributed by atoms with van der Waals surface area (Å²) in [5, 5.41) is 8.29. The Kier molecular flexibility index (Phi) is 2.24. The summed E-state index contributed by atoms with van der Waals surface area (Å²) in [6, 6.07) is 2.92. The maximum Gasteiger partial charge on any atom is 0.287 e. The smallest absolute Gasteiger partial charge is 0.287 e. The molecule has 0 aliphatic rings. The highest BCUT2D eigenvalue weighted by atomic mass is 19.1. The van der Waals surface area contributed by atoms with E-state index in [0.717, 1.165) is 10.6 Å². The van der Waals surface area contributed by atoms with E-state index in [2.05, 4.69) is 0 Å². The maximum atomic E-state index is 12.7. The van der Waals surface area contributed by atoms with Crippen LogP contribution >= 0.6 is 0 Å². The number of halogens is 1. The fourth-order valence-corrected chi connectivity index (χ4v) is 0.934. The van der Waals surface area contributed by atoms with Crippen molar-refractivity contribution < 1.29 is 4.39 Å². The molecule has 0 atom stereocenters. The molecule has 0 fully saturated rings. The van der Waals surface area contributed by atoms with Gasteiger partial charge in [-0.2, -0.15) is 5.26 Å². The van der Waals surface area contributed by atoms with E-state index in [9.17, 15) is 9.18 Å². The molecular weight excluding hydrogens is 159 g/mol. The van der Waals surface area contributed by atoms with Crippen molar-refractivity contribution >= 4 is 0 Å². The summed E-state index contributed by atoms with van der Waals surface area (Å²) in [6.07, 6.45) is 1.45. The molecule has 62 valence electrons. The zero-order valence-corrected chi connectivity index (χ0v) is 6.54. The molecule has 0 saturated heterocycles. The lowest BCUT2D eigenvalue weighted by atomic mass is 10.3. The molecule has 1 rings (SSSR count). The molecule has 1 aromatic heterocycles. The van der Waals surface area contributed by atoms with Crippen LogP contribution in [0.5, 0.6) is 0 Å². The fourth-order valence-electron chi connectivity index (χ4n) is 0.934. The first-order valence-electron chi connectivity index (χ1n) is 3.38. The third-order valence-corrected chi connectivity index (χ3v) is 1.42. The summed E-state index contributed by atoms with van der Waals surface area (Å²) in [5.41, 5.74) is -0.121. The van der Waals surface area contributed by atoms with Crippen LogP contribution in [-0.4, -0.2) is 4.57 Å². The Morgan fingerprint density at radius 2 is 2.42 bits per heavy atom. The third-order valence-electron chi connectivity index (χ3n) is 1.42. The highest BCUT2D eigenvalue weighted by Gasteiger charge is 2.02. The van der Waals surface area contributed by atoms with Crippen LogP contribution in [-0.2, 0) is 6.54 Å². The van der Waals surface area contributed by atoms with Gasteiger partial charge in [0.15, 0.2) is 5.82 Å². The Morgan fingerprint density at radius 3 is 3.00 bits per heavy atom. The summed E-state index contributed by atoms with van der Waals surface area (Å²) in [6.45, 7) is 1.55. The zero-order valence-electron chi connectivity index (χ0n) is 6.54. The first kappa shape index (κ1) is 8.47. The van der Waals surface area contributed by atoms with Crippen LogP contribution in [0, 0.1) is 24.1 Å². The Bertz CT molecular complexity index is 389. The lowest BCUT2D eigenvalue weighted by molar-refractivity contribution is 0.581. The first-order valence-corrected chi connectivity index (χ1v) is 3.38. The van der Waals surface area contributed by atoms with E-state index in [4.69, 9.17) is 5.26 Å². The van der Waals surface area contributed by atoms with Crippen LogP contribution in [0.25, 0.3) is 0 Å². The number of aromatic nitrogens is 1. The van der Waals surface area contributed by atoms with Crippen LogP contribution in [0.3, 0.4) is 0 Å². The van der Waals surface area contributed by atoms with Crippen LogP contribution in [0.15, 0.2) is 17.1 Å². The van der Waals surface area contributed by atoms with Crippen molar-refractivity contribution in [3.8, 4) is 6.07 Å². The van der Waals surface area contributed by atoms with Crippen molar-refractivity contribution in [1.29, 1.82) is 5.26 Å². The fraction of sp³-hybridized carbons (Fsp3) is 0.250. The molecule has 0 bridgehead atoms. The van der Waals surface area contributed by atoms with Gasteiger partial charge < -0.3 is 0 Å². The molecule has 0 aliphatic heterocycles. The molecule has 12 heavy (non-hydrogen) atoms. The molecular formula is C8H7FN2O. The van der Waals surface area contributed by atoms with Crippen LogP contribution in [0.1, 0.15) is 5.56 Å². The number of hydrogen-bond acceptors (Lipinski definition) is 2. The topological polar surface area (TPSA) is 45.8 Å². The minimum Gasteiger partial charge on any atom is -0.299 e. The van der Waals surface area contributed by atoms with Gasteiger partial charge in [0.05, 0.1) is 6.07 Å². The van der Waals surface area contributed by atoms with Crippen LogP contribution < -0.4 is 5.56 Å². The zero-order chi connectivity index (χ0) is 9.14. The molecule has 0 radical (unpaired) electrons. The molecule has 0 amide bonds. The lowest BCUT2D eigenvalue weighted by Crippen LogP contribution is -2.22. The van der Waals surface area contributed by atoms with E-state index in [1.54, 1.807) is 13.0 Å². The van der Waals surface area contributed by atoms with Gasteiger partial charge in [0.25, 0.3) is 5.56 Å². The normalized spacial score (nSPS) is 9.42. The van der Waals surface area contributed by atoms with E-state index in [1.165, 1.54) is 6.20 Å². The second-order valence-electron chi connectivity index (χ2n) is 2.46. The van der Waals surface area contributed by atoms with Crippen LogP contribution in [0.4, 0.5) is 4.39 Å². The van der Waals surface area contributed by atoms with Gasteiger partial charge in [-0.15, -0.1) is 0 Å². The Hall–Kier alpha value is -1.63. The van der Waals surface area contributed by atoms with E-state index >= 15 is 0 Å². The van der Waals surface area contributed by atoms with Crippen molar-refractivity contribution in [2.24, 2.45) is 0 Å². The van der Waals surface area contributed by atoms with Crippen molar-refractivity contribution in [3.63, 3.8) is 0 Å². The van der Waals surface area contributed by atoms with Gasteiger partial charge >= 0.3 is 0 Å². The minimum absolute atomic E-state index is 0.114. The Morgan fingerprint density at radius 1 is 1.75 bits per heavy atom. The average molecular weight is 166 g/mol.